The monoisotopic (exact) mass is 509 g/mol. The first-order valence-corrected chi connectivity index (χ1v) is 11.5. The maximum absolute atomic E-state index is 14.0. The molecule has 0 bridgehead atoms. The van der Waals surface area contributed by atoms with Gasteiger partial charge in [-0.05, 0) is 55.7 Å². The summed E-state index contributed by atoms with van der Waals surface area (Å²) in [5, 5.41) is 10.6. The number of fused-ring (bicyclic) bond motifs is 1. The van der Waals surface area contributed by atoms with E-state index in [0.29, 0.717) is 23.9 Å². The second kappa shape index (κ2) is 10.6. The fourth-order valence-corrected chi connectivity index (χ4v) is 3.98. The zero-order chi connectivity index (χ0) is 25.9. The minimum Gasteiger partial charge on any atom is -0.475 e. The molecule has 5 rings (SSSR count). The molecule has 0 spiro atoms. The van der Waals surface area contributed by atoms with Crippen molar-refractivity contribution >= 4 is 28.6 Å². The summed E-state index contributed by atoms with van der Waals surface area (Å²) in [6, 6.07) is 6.24. The second-order valence-corrected chi connectivity index (χ2v) is 8.85. The van der Waals surface area contributed by atoms with Gasteiger partial charge in [0.2, 0.25) is 0 Å². The van der Waals surface area contributed by atoms with Crippen LogP contribution < -0.4 is 10.2 Å². The Morgan fingerprint density at radius 2 is 1.75 bits per heavy atom. The first-order chi connectivity index (χ1) is 17.1. The molecule has 12 heteroatoms. The third kappa shape index (κ3) is 6.55. The summed E-state index contributed by atoms with van der Waals surface area (Å²) in [7, 11) is 0. The number of hydrogen-bond donors (Lipinski definition) is 2. The zero-order valence-electron chi connectivity index (χ0n) is 19.1. The van der Waals surface area contributed by atoms with Crippen molar-refractivity contribution < 1.29 is 31.9 Å². The molecule has 1 saturated carbocycles. The van der Waals surface area contributed by atoms with Crippen LogP contribution >= 0.6 is 0 Å². The fourth-order valence-electron chi connectivity index (χ4n) is 3.98. The molecule has 2 aromatic heterocycles. The molecule has 0 amide bonds. The number of rotatable bonds is 5. The zero-order valence-corrected chi connectivity index (χ0v) is 19.1. The molecule has 0 unspecified atom stereocenters. The van der Waals surface area contributed by atoms with Crippen molar-refractivity contribution in [2.24, 2.45) is 5.92 Å². The van der Waals surface area contributed by atoms with Gasteiger partial charge in [-0.3, -0.25) is 4.98 Å². The van der Waals surface area contributed by atoms with Gasteiger partial charge in [-0.15, -0.1) is 0 Å². The smallest absolute Gasteiger partial charge is 0.475 e. The Balaban J connectivity index is 0.000000384. The highest BCUT2D eigenvalue weighted by Gasteiger charge is 2.38. The predicted molar refractivity (Wildman–Crippen MR) is 123 cm³/mol. The Labute approximate surface area is 203 Å². The molecule has 7 nitrogen and oxygen atoms in total. The third-order valence-electron chi connectivity index (χ3n) is 6.05. The van der Waals surface area contributed by atoms with E-state index >= 15 is 0 Å². The van der Waals surface area contributed by atoms with Crippen molar-refractivity contribution in [3.05, 3.63) is 53.9 Å². The highest BCUT2D eigenvalue weighted by atomic mass is 19.4. The van der Waals surface area contributed by atoms with Gasteiger partial charge < -0.3 is 15.3 Å². The van der Waals surface area contributed by atoms with Gasteiger partial charge >= 0.3 is 12.1 Å². The maximum Gasteiger partial charge on any atom is 0.490 e. The summed E-state index contributed by atoms with van der Waals surface area (Å²) in [5.41, 5.74) is 2.23. The molecule has 1 aliphatic heterocycles. The summed E-state index contributed by atoms with van der Waals surface area (Å²) < 4.78 is 58.9. The quantitative estimate of drug-likeness (QED) is 0.470. The van der Waals surface area contributed by atoms with Crippen molar-refractivity contribution in [1.29, 1.82) is 0 Å². The second-order valence-electron chi connectivity index (χ2n) is 8.85. The van der Waals surface area contributed by atoms with Crippen LogP contribution in [0.2, 0.25) is 0 Å². The van der Waals surface area contributed by atoms with Crippen LogP contribution in [0, 0.1) is 17.6 Å². The van der Waals surface area contributed by atoms with Gasteiger partial charge in [-0.25, -0.2) is 23.5 Å². The number of hydrogen-bond acceptors (Lipinski definition) is 6. The highest BCUT2D eigenvalue weighted by Crippen LogP contribution is 2.33. The van der Waals surface area contributed by atoms with Crippen LogP contribution in [0.1, 0.15) is 31.2 Å². The molecule has 2 aliphatic rings. The average molecular weight is 509 g/mol. The molecule has 1 aliphatic carbocycles. The largest absolute Gasteiger partial charge is 0.490 e. The molecule has 2 fully saturated rings. The van der Waals surface area contributed by atoms with Crippen LogP contribution in [0.5, 0.6) is 0 Å². The van der Waals surface area contributed by atoms with E-state index in [4.69, 9.17) is 19.9 Å². The van der Waals surface area contributed by atoms with E-state index in [-0.39, 0.29) is 0 Å². The standard InChI is InChI=1S/C22H23F2N5.C2HF3O2/c23-16-2-1-15(18(24)12-16)11-14-6-9-29(10-7-14)22-21(26-17-3-4-17)27-19-5-8-25-13-20(19)28-22;3-2(4,5)1(6)7/h1-2,5,8,12-14,17H,3-4,6-7,9-11H2,(H,26,27);(H,6,7). The van der Waals surface area contributed by atoms with E-state index in [0.717, 1.165) is 54.7 Å². The first kappa shape index (κ1) is 25.5. The van der Waals surface area contributed by atoms with Crippen LogP contribution in [0.4, 0.5) is 33.6 Å². The number of nitrogens with one attached hydrogen (secondary N) is 1. The molecule has 3 heterocycles. The molecule has 1 saturated heterocycles. The number of aromatic nitrogens is 3. The Morgan fingerprint density at radius 1 is 1.06 bits per heavy atom. The molecule has 192 valence electrons. The number of benzene rings is 1. The normalized spacial score (nSPS) is 16.4. The van der Waals surface area contributed by atoms with Crippen molar-refractivity contribution in [2.45, 2.75) is 44.3 Å². The maximum atomic E-state index is 14.0. The summed E-state index contributed by atoms with van der Waals surface area (Å²) in [6.07, 6.45) is 3.25. The van der Waals surface area contributed by atoms with Gasteiger partial charge in [0, 0.05) is 31.4 Å². The number of anilines is 2. The van der Waals surface area contributed by atoms with Gasteiger partial charge in [0.1, 0.15) is 17.2 Å². The number of carbonyl (C=O) groups is 1. The molecule has 1 aromatic carbocycles. The number of nitrogens with zero attached hydrogens (tertiary/aromatic N) is 4. The number of aliphatic carboxylic acids is 1. The minimum atomic E-state index is -5.08. The van der Waals surface area contributed by atoms with Crippen LogP contribution in [-0.4, -0.2) is 51.3 Å². The van der Waals surface area contributed by atoms with Crippen molar-refractivity contribution in [3.63, 3.8) is 0 Å². The molecule has 3 aromatic rings. The van der Waals surface area contributed by atoms with Gasteiger partial charge in [-0.1, -0.05) is 6.07 Å². The van der Waals surface area contributed by atoms with Gasteiger partial charge in [-0.2, -0.15) is 13.2 Å². The number of piperidine rings is 1. The summed E-state index contributed by atoms with van der Waals surface area (Å²) in [5.74, 6) is -1.64. The van der Waals surface area contributed by atoms with Crippen LogP contribution in [0.25, 0.3) is 11.0 Å². The molecule has 36 heavy (non-hydrogen) atoms. The molecule has 2 N–H and O–H groups in total. The van der Waals surface area contributed by atoms with Crippen molar-refractivity contribution in [2.75, 3.05) is 23.3 Å². The Kier molecular flexibility index (Phi) is 7.51. The lowest BCUT2D eigenvalue weighted by Gasteiger charge is -2.33. The number of alkyl halides is 3. The van der Waals surface area contributed by atoms with Gasteiger partial charge in [0.25, 0.3) is 0 Å². The SMILES string of the molecule is Fc1ccc(CC2CCN(c3nc4cnccc4nc3NC3CC3)CC2)c(F)c1.O=C(O)C(F)(F)F. The first-order valence-electron chi connectivity index (χ1n) is 11.5. The van der Waals surface area contributed by atoms with E-state index < -0.39 is 23.8 Å². The minimum absolute atomic E-state index is 0.376. The van der Waals surface area contributed by atoms with E-state index in [9.17, 15) is 22.0 Å². The Morgan fingerprint density at radius 3 is 2.36 bits per heavy atom. The summed E-state index contributed by atoms with van der Waals surface area (Å²) in [4.78, 5) is 25.0. The van der Waals surface area contributed by atoms with E-state index in [1.165, 1.54) is 18.9 Å². The molecule has 0 atom stereocenters. The lowest BCUT2D eigenvalue weighted by Crippen LogP contribution is -2.35. The molecule has 0 radical (unpaired) electrons. The van der Waals surface area contributed by atoms with Gasteiger partial charge in [0.05, 0.1) is 11.7 Å². The summed E-state index contributed by atoms with van der Waals surface area (Å²) >= 11 is 0. The lowest BCUT2D eigenvalue weighted by molar-refractivity contribution is -0.192. The predicted octanol–water partition coefficient (Wildman–Crippen LogP) is 4.97. The van der Waals surface area contributed by atoms with E-state index in [1.807, 2.05) is 6.07 Å². The Hall–Kier alpha value is -3.57. The van der Waals surface area contributed by atoms with Gasteiger partial charge in [0.15, 0.2) is 11.6 Å². The van der Waals surface area contributed by atoms with Crippen LogP contribution in [0.3, 0.4) is 0 Å². The van der Waals surface area contributed by atoms with E-state index in [2.05, 4.69) is 15.2 Å². The highest BCUT2D eigenvalue weighted by molar-refractivity contribution is 5.80. The molecular formula is C24H24F5N5O2. The number of carboxylic acids is 1. The average Bonchev–Trinajstić information content (AvgIpc) is 3.65. The Bertz CT molecular complexity index is 1230. The van der Waals surface area contributed by atoms with Crippen molar-refractivity contribution in [3.8, 4) is 0 Å². The third-order valence-corrected chi connectivity index (χ3v) is 6.05. The summed E-state index contributed by atoms with van der Waals surface area (Å²) in [6.45, 7) is 1.68. The number of carboxylic acid groups (broad SMARTS) is 1. The fraction of sp³-hybridized carbons (Fsp3) is 0.417. The lowest BCUT2D eigenvalue weighted by atomic mass is 9.90. The van der Waals surface area contributed by atoms with Crippen LogP contribution in [0.15, 0.2) is 36.7 Å². The van der Waals surface area contributed by atoms with E-state index in [1.54, 1.807) is 18.5 Å². The topological polar surface area (TPSA) is 91.2 Å². The van der Waals surface area contributed by atoms with Crippen molar-refractivity contribution in [1.82, 2.24) is 15.0 Å². The number of pyridine rings is 1. The number of halogens is 5. The van der Waals surface area contributed by atoms with Crippen LogP contribution in [-0.2, 0) is 11.2 Å². The molecular weight excluding hydrogens is 485 g/mol.